The van der Waals surface area contributed by atoms with Crippen molar-refractivity contribution in [3.05, 3.63) is 112 Å². The molecule has 4 aromatic rings. The fourth-order valence-corrected chi connectivity index (χ4v) is 4.83. The van der Waals surface area contributed by atoms with E-state index in [-0.39, 0.29) is 11.9 Å². The van der Waals surface area contributed by atoms with Crippen LogP contribution < -0.4 is 16.4 Å². The zero-order valence-electron chi connectivity index (χ0n) is 21.8. The van der Waals surface area contributed by atoms with E-state index in [1.165, 1.54) is 29.5 Å². The van der Waals surface area contributed by atoms with Gasteiger partial charge in [0, 0.05) is 12.2 Å². The number of carbonyl (C=O) groups excluding carboxylic acids is 1. The minimum atomic E-state index is -0.204. The van der Waals surface area contributed by atoms with Gasteiger partial charge < -0.3 is 16.4 Å². The fraction of sp³-hybridized carbons (Fsp3) is 0.290. The van der Waals surface area contributed by atoms with Crippen LogP contribution in [0, 0.1) is 26.7 Å². The molecule has 1 atom stereocenters. The van der Waals surface area contributed by atoms with E-state index < -0.39 is 0 Å². The number of nitrogens with two attached hydrogens (primary N) is 1. The minimum Gasteiger partial charge on any atom is -0.326 e. The lowest BCUT2D eigenvalue weighted by Gasteiger charge is -2.23. The van der Waals surface area contributed by atoms with Crippen molar-refractivity contribution in [2.75, 3.05) is 11.9 Å². The molecule has 0 bridgehead atoms. The average Bonchev–Trinajstić information content (AvgIpc) is 3.64. The molecule has 1 heterocycles. The minimum absolute atomic E-state index is 0.0600. The standard InChI is InChI=1S/C31H35N5O/c1-20-10-13-28(21(2)14-20)30(33-19-23-11-12-23)25-7-5-8-26(17-25)34-31(37)29-15-22(3)35-36(29)27-9-4-6-24(16-27)18-32/h4-10,13-17,23,30,33H,11-12,18-19,32H2,1-3H3,(H,34,37). The van der Waals surface area contributed by atoms with Gasteiger partial charge >= 0.3 is 0 Å². The van der Waals surface area contributed by atoms with Crippen LogP contribution in [-0.4, -0.2) is 22.2 Å². The zero-order valence-corrected chi connectivity index (χ0v) is 21.8. The van der Waals surface area contributed by atoms with Gasteiger partial charge in [-0.1, -0.05) is 48.0 Å². The number of carbonyl (C=O) groups is 1. The third-order valence-corrected chi connectivity index (χ3v) is 6.98. The number of rotatable bonds is 9. The Hall–Kier alpha value is -3.74. The molecule has 1 aromatic heterocycles. The molecule has 0 saturated heterocycles. The summed E-state index contributed by atoms with van der Waals surface area (Å²) in [5.41, 5.74) is 14.6. The summed E-state index contributed by atoms with van der Waals surface area (Å²) in [5.74, 6) is 0.558. The van der Waals surface area contributed by atoms with Gasteiger partial charge in [-0.15, -0.1) is 0 Å². The summed E-state index contributed by atoms with van der Waals surface area (Å²) in [6.45, 7) is 7.61. The van der Waals surface area contributed by atoms with Crippen LogP contribution >= 0.6 is 0 Å². The Morgan fingerprint density at radius 3 is 2.59 bits per heavy atom. The van der Waals surface area contributed by atoms with Crippen LogP contribution in [0.3, 0.4) is 0 Å². The molecule has 1 amide bonds. The van der Waals surface area contributed by atoms with E-state index in [1.807, 2.05) is 49.4 Å². The molecule has 0 aliphatic heterocycles. The Kier molecular flexibility index (Phi) is 7.22. The van der Waals surface area contributed by atoms with Crippen LogP contribution in [-0.2, 0) is 6.54 Å². The third kappa shape index (κ3) is 5.82. The Morgan fingerprint density at radius 2 is 1.84 bits per heavy atom. The van der Waals surface area contributed by atoms with Crippen molar-refractivity contribution in [1.29, 1.82) is 0 Å². The highest BCUT2D eigenvalue weighted by Gasteiger charge is 2.24. The second-order valence-electron chi connectivity index (χ2n) is 10.2. The van der Waals surface area contributed by atoms with E-state index in [0.29, 0.717) is 12.2 Å². The van der Waals surface area contributed by atoms with Crippen molar-refractivity contribution in [2.45, 2.75) is 46.2 Å². The van der Waals surface area contributed by atoms with E-state index in [2.05, 4.69) is 59.9 Å². The molecule has 6 heteroatoms. The normalized spacial score (nSPS) is 13.9. The SMILES string of the molecule is Cc1ccc(C(NCC2CC2)c2cccc(NC(=O)c3cc(C)nn3-c3cccc(CN)c3)c2)c(C)c1. The molecule has 1 unspecified atom stereocenters. The Labute approximate surface area is 218 Å². The van der Waals surface area contributed by atoms with Crippen LogP contribution in [0.4, 0.5) is 5.69 Å². The maximum absolute atomic E-state index is 13.4. The second-order valence-corrected chi connectivity index (χ2v) is 10.2. The summed E-state index contributed by atoms with van der Waals surface area (Å²) in [7, 11) is 0. The number of aromatic nitrogens is 2. The van der Waals surface area contributed by atoms with Gasteiger partial charge in [0.15, 0.2) is 0 Å². The predicted molar refractivity (Wildman–Crippen MR) is 149 cm³/mol. The van der Waals surface area contributed by atoms with Crippen molar-refractivity contribution in [3.8, 4) is 5.69 Å². The molecule has 4 N–H and O–H groups in total. The smallest absolute Gasteiger partial charge is 0.274 e. The van der Waals surface area contributed by atoms with Gasteiger partial charge in [-0.05, 0) is 98.7 Å². The summed E-state index contributed by atoms with van der Waals surface area (Å²) in [6, 6.07) is 24.4. The van der Waals surface area contributed by atoms with Gasteiger partial charge in [-0.25, -0.2) is 4.68 Å². The molecular weight excluding hydrogens is 458 g/mol. The molecule has 1 aliphatic rings. The number of amides is 1. The van der Waals surface area contributed by atoms with Crippen molar-refractivity contribution in [2.24, 2.45) is 11.7 Å². The van der Waals surface area contributed by atoms with Gasteiger partial charge in [0.2, 0.25) is 0 Å². The number of aryl methyl sites for hydroxylation is 3. The maximum Gasteiger partial charge on any atom is 0.274 e. The van der Waals surface area contributed by atoms with Crippen molar-refractivity contribution >= 4 is 11.6 Å². The predicted octanol–water partition coefficient (Wildman–Crippen LogP) is 5.60. The number of hydrogen-bond acceptors (Lipinski definition) is 4. The average molecular weight is 494 g/mol. The lowest BCUT2D eigenvalue weighted by molar-refractivity contribution is 0.101. The van der Waals surface area contributed by atoms with Gasteiger partial charge in [-0.3, -0.25) is 4.79 Å². The Morgan fingerprint density at radius 1 is 1.03 bits per heavy atom. The molecule has 3 aromatic carbocycles. The molecule has 1 aliphatic carbocycles. The summed E-state index contributed by atoms with van der Waals surface area (Å²) in [5, 5.41) is 11.5. The van der Waals surface area contributed by atoms with Gasteiger partial charge in [-0.2, -0.15) is 5.10 Å². The van der Waals surface area contributed by atoms with E-state index in [9.17, 15) is 4.79 Å². The quantitative estimate of drug-likeness (QED) is 0.283. The number of hydrogen-bond donors (Lipinski definition) is 3. The maximum atomic E-state index is 13.4. The van der Waals surface area contributed by atoms with E-state index in [1.54, 1.807) is 4.68 Å². The summed E-state index contributed by atoms with van der Waals surface area (Å²) >= 11 is 0. The van der Waals surface area contributed by atoms with Crippen LogP contribution in [0.15, 0.2) is 72.8 Å². The molecule has 5 rings (SSSR count). The van der Waals surface area contributed by atoms with Gasteiger partial charge in [0.05, 0.1) is 17.4 Å². The first-order valence-corrected chi connectivity index (χ1v) is 13.0. The molecule has 190 valence electrons. The molecule has 0 spiro atoms. The van der Waals surface area contributed by atoms with Crippen molar-refractivity contribution < 1.29 is 4.79 Å². The summed E-state index contributed by atoms with van der Waals surface area (Å²) in [4.78, 5) is 13.4. The molecular formula is C31H35N5O. The topological polar surface area (TPSA) is 85.0 Å². The largest absolute Gasteiger partial charge is 0.326 e. The van der Waals surface area contributed by atoms with Crippen molar-refractivity contribution in [3.63, 3.8) is 0 Å². The monoisotopic (exact) mass is 493 g/mol. The Balaban J connectivity index is 1.42. The highest BCUT2D eigenvalue weighted by atomic mass is 16.2. The first kappa shape index (κ1) is 24.9. The lowest BCUT2D eigenvalue weighted by atomic mass is 9.93. The number of anilines is 1. The van der Waals surface area contributed by atoms with Gasteiger partial charge in [0.1, 0.15) is 5.69 Å². The highest BCUT2D eigenvalue weighted by Crippen LogP contribution is 2.32. The molecule has 1 fully saturated rings. The number of benzene rings is 3. The van der Waals surface area contributed by atoms with Crippen LogP contribution in [0.1, 0.15) is 62.9 Å². The highest BCUT2D eigenvalue weighted by molar-refractivity contribution is 6.03. The second kappa shape index (κ2) is 10.7. The number of nitrogens with zero attached hydrogens (tertiary/aromatic N) is 2. The number of nitrogens with one attached hydrogen (secondary N) is 2. The first-order valence-electron chi connectivity index (χ1n) is 13.0. The van der Waals surface area contributed by atoms with Crippen LogP contribution in [0.5, 0.6) is 0 Å². The summed E-state index contributed by atoms with van der Waals surface area (Å²) < 4.78 is 1.68. The fourth-order valence-electron chi connectivity index (χ4n) is 4.83. The van der Waals surface area contributed by atoms with E-state index in [4.69, 9.17) is 5.73 Å². The zero-order chi connectivity index (χ0) is 25.9. The third-order valence-electron chi connectivity index (χ3n) is 6.98. The van der Waals surface area contributed by atoms with Crippen LogP contribution in [0.25, 0.3) is 5.69 Å². The van der Waals surface area contributed by atoms with E-state index >= 15 is 0 Å². The molecule has 6 nitrogen and oxygen atoms in total. The lowest BCUT2D eigenvalue weighted by Crippen LogP contribution is -2.25. The van der Waals surface area contributed by atoms with Crippen molar-refractivity contribution in [1.82, 2.24) is 15.1 Å². The molecule has 0 radical (unpaired) electrons. The van der Waals surface area contributed by atoms with Gasteiger partial charge in [0.25, 0.3) is 5.91 Å². The van der Waals surface area contributed by atoms with E-state index in [0.717, 1.165) is 40.7 Å². The molecule has 37 heavy (non-hydrogen) atoms. The molecule has 1 saturated carbocycles. The first-order chi connectivity index (χ1) is 17.9. The van der Waals surface area contributed by atoms with Crippen LogP contribution in [0.2, 0.25) is 0 Å². The summed E-state index contributed by atoms with van der Waals surface area (Å²) in [6.07, 6.45) is 2.59. The Bertz CT molecular complexity index is 1420.